The zero-order valence-electron chi connectivity index (χ0n) is 32.4. The first-order valence-corrected chi connectivity index (χ1v) is 20.3. The fraction of sp³-hybridized carbons (Fsp3) is 0.609. The van der Waals surface area contributed by atoms with E-state index in [1.165, 1.54) is 63.4 Å². The third-order valence-electron chi connectivity index (χ3n) is 14.0. The summed E-state index contributed by atoms with van der Waals surface area (Å²) >= 11 is 0. The summed E-state index contributed by atoms with van der Waals surface area (Å²) in [5.74, 6) is 6.09. The van der Waals surface area contributed by atoms with Crippen molar-refractivity contribution in [2.75, 3.05) is 6.61 Å². The zero-order valence-corrected chi connectivity index (χ0v) is 32.4. The van der Waals surface area contributed by atoms with Crippen LogP contribution in [0.2, 0.25) is 0 Å². The Labute approximate surface area is 310 Å². The minimum Gasteiger partial charge on any atom is -0.482 e. The Kier molecular flexibility index (Phi) is 10.7. The summed E-state index contributed by atoms with van der Waals surface area (Å²) in [7, 11) is 0. The summed E-state index contributed by atoms with van der Waals surface area (Å²) in [4.78, 5) is 26.2. The lowest BCUT2D eigenvalue weighted by atomic mass is 9.44. The molecule has 3 fully saturated rings. The molecule has 2 aromatic carbocycles. The second kappa shape index (κ2) is 15.1. The van der Waals surface area contributed by atoms with Crippen molar-refractivity contribution >= 4 is 16.9 Å². The fourth-order valence-electron chi connectivity index (χ4n) is 11.0. The van der Waals surface area contributed by atoms with Crippen molar-refractivity contribution in [3.8, 4) is 17.2 Å². The van der Waals surface area contributed by atoms with Crippen LogP contribution < -0.4 is 14.9 Å². The second-order valence-corrected chi connectivity index (χ2v) is 17.8. The van der Waals surface area contributed by atoms with Gasteiger partial charge in [0.2, 0.25) is 11.2 Å². The van der Waals surface area contributed by atoms with Crippen molar-refractivity contribution in [1.82, 2.24) is 0 Å². The molecule has 52 heavy (non-hydrogen) atoms. The van der Waals surface area contributed by atoms with Gasteiger partial charge in [-0.3, -0.25) is 4.79 Å². The van der Waals surface area contributed by atoms with Gasteiger partial charge in [0.05, 0.1) is 5.39 Å². The number of rotatable bonds is 11. The van der Waals surface area contributed by atoms with E-state index in [1.807, 2.05) is 18.2 Å². The second-order valence-electron chi connectivity index (χ2n) is 17.8. The molecule has 4 aliphatic rings. The van der Waals surface area contributed by atoms with Gasteiger partial charge >= 0.3 is 5.97 Å². The molecule has 0 bridgehead atoms. The maximum absolute atomic E-state index is 13.2. The van der Waals surface area contributed by atoms with Crippen LogP contribution in [-0.4, -0.2) is 18.7 Å². The summed E-state index contributed by atoms with van der Waals surface area (Å²) in [6, 6.07) is 14.1. The number of benzene rings is 2. The van der Waals surface area contributed by atoms with E-state index in [4.69, 9.17) is 18.6 Å². The highest BCUT2D eigenvalue weighted by Gasteiger charge is 2.56. The molecule has 4 aliphatic carbocycles. The first-order chi connectivity index (χ1) is 24.9. The minimum absolute atomic E-state index is 0.117. The van der Waals surface area contributed by atoms with Gasteiger partial charge < -0.3 is 18.6 Å². The van der Waals surface area contributed by atoms with E-state index in [2.05, 4.69) is 40.7 Å². The van der Waals surface area contributed by atoms with Crippen LogP contribution in [-0.2, 0) is 9.53 Å². The van der Waals surface area contributed by atoms with Gasteiger partial charge in [-0.1, -0.05) is 83.7 Å². The zero-order chi connectivity index (χ0) is 36.6. The number of para-hydroxylation sites is 1. The molecule has 3 aromatic rings. The van der Waals surface area contributed by atoms with Gasteiger partial charge in [-0.15, -0.1) is 0 Å². The van der Waals surface area contributed by atoms with E-state index in [1.54, 1.807) is 37.3 Å². The molecule has 0 N–H and O–H groups in total. The Bertz CT molecular complexity index is 1820. The summed E-state index contributed by atoms with van der Waals surface area (Å²) in [6.07, 6.45) is 17.5. The van der Waals surface area contributed by atoms with E-state index < -0.39 is 0 Å². The van der Waals surface area contributed by atoms with Crippen molar-refractivity contribution < 1.29 is 23.4 Å². The van der Waals surface area contributed by atoms with Gasteiger partial charge in [-0.25, -0.2) is 4.79 Å². The highest BCUT2D eigenvalue weighted by Crippen LogP contribution is 2.65. The molecule has 1 aromatic heterocycles. The Hall–Kier alpha value is -3.54. The van der Waals surface area contributed by atoms with Gasteiger partial charge in [-0.05, 0) is 129 Å². The predicted molar refractivity (Wildman–Crippen MR) is 207 cm³/mol. The number of carbonyl (C=O) groups is 1. The van der Waals surface area contributed by atoms with Crippen LogP contribution in [0.5, 0.6) is 17.2 Å². The maximum Gasteiger partial charge on any atom is 0.344 e. The Morgan fingerprint density at radius 2 is 1.75 bits per heavy atom. The number of esters is 1. The molecule has 6 nitrogen and oxygen atoms in total. The van der Waals surface area contributed by atoms with Gasteiger partial charge in [0.1, 0.15) is 28.9 Å². The normalized spacial score (nSPS) is 30.4. The molecule has 0 amide bonds. The average molecular weight is 709 g/mol. The summed E-state index contributed by atoms with van der Waals surface area (Å²) in [6.45, 7) is 13.9. The lowest BCUT2D eigenvalue weighted by Gasteiger charge is -2.61. The van der Waals surface area contributed by atoms with Crippen molar-refractivity contribution in [2.45, 2.75) is 125 Å². The van der Waals surface area contributed by atoms with Gasteiger partial charge in [0.25, 0.3) is 0 Å². The highest BCUT2D eigenvalue weighted by atomic mass is 16.6. The molecule has 1 heterocycles. The third kappa shape index (κ3) is 7.46. The summed E-state index contributed by atoms with van der Waals surface area (Å²) < 4.78 is 23.7. The molecule has 0 unspecified atom stereocenters. The molecule has 3 saturated carbocycles. The summed E-state index contributed by atoms with van der Waals surface area (Å²) in [5.41, 5.74) is 2.34. The number of carbonyl (C=O) groups excluding carboxylic acids is 1. The van der Waals surface area contributed by atoms with Crippen LogP contribution in [0.3, 0.4) is 0 Å². The maximum atomic E-state index is 13.2. The van der Waals surface area contributed by atoms with E-state index in [-0.39, 0.29) is 35.3 Å². The molecule has 8 atom stereocenters. The van der Waals surface area contributed by atoms with Crippen molar-refractivity contribution in [2.24, 2.45) is 46.3 Å². The first kappa shape index (κ1) is 36.8. The van der Waals surface area contributed by atoms with E-state index in [0.29, 0.717) is 33.6 Å². The molecule has 280 valence electrons. The van der Waals surface area contributed by atoms with E-state index >= 15 is 0 Å². The monoisotopic (exact) mass is 708 g/mol. The number of hydrogen-bond donors (Lipinski definition) is 0. The molecule has 0 saturated heterocycles. The molecular formula is C46H60O6. The van der Waals surface area contributed by atoms with Crippen LogP contribution >= 0.6 is 0 Å². The Morgan fingerprint density at radius 1 is 0.942 bits per heavy atom. The largest absolute Gasteiger partial charge is 0.482 e. The fourth-order valence-corrected chi connectivity index (χ4v) is 11.0. The SMILES string of the molecule is Cc1oc2cc(OCC(=O)O[C@H]3CC[C@]4(C)C(=CC[C@H]5[C@H]6CC[C@@H]([C@@H](C)CCCC(C)C)C[C@]6(C)CC[C@H]54)C3)ccc2c(=O)c1Oc1ccccc1. The van der Waals surface area contributed by atoms with E-state index in [0.717, 1.165) is 54.8 Å². The molecule has 6 heteroatoms. The van der Waals surface area contributed by atoms with Crippen LogP contribution in [0.1, 0.15) is 117 Å². The van der Waals surface area contributed by atoms with Crippen molar-refractivity contribution in [3.05, 3.63) is 76.2 Å². The molecule has 7 rings (SSSR count). The molecular weight excluding hydrogens is 649 g/mol. The molecule has 0 spiro atoms. The smallest absolute Gasteiger partial charge is 0.344 e. The van der Waals surface area contributed by atoms with Crippen LogP contribution in [0.25, 0.3) is 11.0 Å². The molecule has 0 aliphatic heterocycles. The lowest BCUT2D eigenvalue weighted by molar-refractivity contribution is -0.154. The Morgan fingerprint density at radius 3 is 2.54 bits per heavy atom. The van der Waals surface area contributed by atoms with Gasteiger partial charge in [0, 0.05) is 12.5 Å². The van der Waals surface area contributed by atoms with Crippen LogP contribution in [0.4, 0.5) is 0 Å². The number of aryl methyl sites for hydroxylation is 1. The minimum atomic E-state index is -0.365. The standard InChI is InChI=1S/C46H60O6/c1-29(2)11-10-12-30(3)32-15-20-39-37-18-16-33-25-36(21-24-46(33,6)40(37)22-23-45(39,5)27-32)51-42(47)28-49-35-17-19-38-41(26-35)50-31(4)44(43(38)48)52-34-13-8-7-9-14-34/h7-9,13-14,16-17,19,26,29-30,32,36-37,39-40H,10-12,15,18,20-25,27-28H2,1-6H3/t30-,32+,36-,37-,39+,40+,45-,46+/m0/s1. The number of fused-ring (bicyclic) bond motifs is 6. The first-order valence-electron chi connectivity index (χ1n) is 20.3. The average Bonchev–Trinajstić information content (AvgIpc) is 3.12. The van der Waals surface area contributed by atoms with Crippen LogP contribution in [0.15, 0.2) is 69.4 Å². The van der Waals surface area contributed by atoms with Crippen LogP contribution in [0, 0.1) is 53.3 Å². The highest BCUT2D eigenvalue weighted by molar-refractivity contribution is 5.80. The quantitative estimate of drug-likeness (QED) is 0.146. The topological polar surface area (TPSA) is 75.0 Å². The lowest BCUT2D eigenvalue weighted by Crippen LogP contribution is -2.52. The predicted octanol–water partition coefficient (Wildman–Crippen LogP) is 11.6. The number of allylic oxidation sites excluding steroid dienone is 1. The number of hydrogen-bond acceptors (Lipinski definition) is 6. The van der Waals surface area contributed by atoms with Crippen molar-refractivity contribution in [3.63, 3.8) is 0 Å². The Balaban J connectivity index is 0.933. The van der Waals surface area contributed by atoms with Gasteiger partial charge in [0.15, 0.2) is 6.61 Å². The molecule has 0 radical (unpaired) electrons. The van der Waals surface area contributed by atoms with E-state index in [9.17, 15) is 9.59 Å². The van der Waals surface area contributed by atoms with Crippen molar-refractivity contribution in [1.29, 1.82) is 0 Å². The summed E-state index contributed by atoms with van der Waals surface area (Å²) in [5, 5.41) is 0.386. The third-order valence-corrected chi connectivity index (χ3v) is 14.0. The number of ether oxygens (including phenoxy) is 3. The van der Waals surface area contributed by atoms with Gasteiger partial charge in [-0.2, -0.15) is 0 Å².